The van der Waals surface area contributed by atoms with Crippen molar-refractivity contribution in [1.82, 2.24) is 0 Å². The van der Waals surface area contributed by atoms with Crippen LogP contribution in [0.5, 0.6) is 11.5 Å². The summed E-state index contributed by atoms with van der Waals surface area (Å²) in [6.07, 6.45) is 2.04. The zero-order valence-electron chi connectivity index (χ0n) is 11.8. The minimum atomic E-state index is 0.467. The average Bonchev–Trinajstić information content (AvgIpc) is 2.52. The summed E-state index contributed by atoms with van der Waals surface area (Å²) in [5.74, 6) is 1.71. The highest BCUT2D eigenvalue weighted by Crippen LogP contribution is 2.29. The molecule has 2 rings (SSSR count). The second-order valence-corrected chi connectivity index (χ2v) is 5.14. The normalized spacial score (nSPS) is 10.3. The Hall–Kier alpha value is -1.65. The van der Waals surface area contributed by atoms with Crippen LogP contribution in [0.2, 0.25) is 0 Å². The minimum absolute atomic E-state index is 0.467. The Kier molecular flexibility index (Phi) is 5.32. The molecule has 3 nitrogen and oxygen atoms in total. The van der Waals surface area contributed by atoms with Gasteiger partial charge in [-0.3, -0.25) is 0 Å². The Morgan fingerprint density at radius 3 is 2.60 bits per heavy atom. The van der Waals surface area contributed by atoms with Crippen molar-refractivity contribution < 1.29 is 9.47 Å². The van der Waals surface area contributed by atoms with E-state index in [1.165, 1.54) is 0 Å². The highest BCUT2D eigenvalue weighted by Gasteiger charge is 2.07. The number of rotatable bonds is 6. The molecule has 0 aliphatic heterocycles. The van der Waals surface area contributed by atoms with Gasteiger partial charge in [0.2, 0.25) is 0 Å². The molecular weight excluding hydrogens is 270 g/mol. The molecule has 2 N–H and O–H groups in total. The van der Waals surface area contributed by atoms with Crippen LogP contribution in [0.25, 0.3) is 0 Å². The molecule has 0 spiro atoms. The van der Waals surface area contributed by atoms with Crippen molar-refractivity contribution in [3.05, 3.63) is 53.6 Å². The monoisotopic (exact) mass is 289 g/mol. The van der Waals surface area contributed by atoms with Crippen molar-refractivity contribution in [3.8, 4) is 11.5 Å². The number of methoxy groups -OCH3 is 1. The van der Waals surface area contributed by atoms with Crippen LogP contribution in [-0.2, 0) is 13.2 Å². The van der Waals surface area contributed by atoms with Crippen LogP contribution < -0.4 is 15.2 Å². The van der Waals surface area contributed by atoms with E-state index in [1.807, 2.05) is 48.7 Å². The van der Waals surface area contributed by atoms with Crippen molar-refractivity contribution in [2.45, 2.75) is 18.0 Å². The summed E-state index contributed by atoms with van der Waals surface area (Å²) in [6.45, 7) is 0.979. The lowest BCUT2D eigenvalue weighted by Crippen LogP contribution is -2.03. The number of benzene rings is 2. The van der Waals surface area contributed by atoms with E-state index in [0.717, 1.165) is 27.5 Å². The lowest BCUT2D eigenvalue weighted by Gasteiger charge is -2.13. The van der Waals surface area contributed by atoms with E-state index in [0.29, 0.717) is 13.2 Å². The molecule has 0 unspecified atom stereocenters. The maximum absolute atomic E-state index is 5.91. The number of hydrogen-bond donors (Lipinski definition) is 1. The van der Waals surface area contributed by atoms with Gasteiger partial charge in [-0.05, 0) is 36.1 Å². The van der Waals surface area contributed by atoms with Crippen LogP contribution in [0.15, 0.2) is 47.4 Å². The predicted molar refractivity (Wildman–Crippen MR) is 83.4 cm³/mol. The van der Waals surface area contributed by atoms with Crippen LogP contribution in [0, 0.1) is 0 Å². The van der Waals surface area contributed by atoms with Gasteiger partial charge in [-0.1, -0.05) is 18.2 Å². The van der Waals surface area contributed by atoms with Crippen LogP contribution in [0.3, 0.4) is 0 Å². The highest BCUT2D eigenvalue weighted by molar-refractivity contribution is 7.98. The van der Waals surface area contributed by atoms with Gasteiger partial charge in [0.05, 0.1) is 7.11 Å². The van der Waals surface area contributed by atoms with Crippen molar-refractivity contribution in [1.29, 1.82) is 0 Å². The summed E-state index contributed by atoms with van der Waals surface area (Å²) in [7, 11) is 1.66. The SMILES string of the molecule is COc1ccc(CN)cc1COc1ccccc1SC. The van der Waals surface area contributed by atoms with E-state index in [4.69, 9.17) is 15.2 Å². The van der Waals surface area contributed by atoms with Gasteiger partial charge in [0.15, 0.2) is 0 Å². The Labute approximate surface area is 124 Å². The number of para-hydroxylation sites is 1. The summed E-state index contributed by atoms with van der Waals surface area (Å²) in [5.41, 5.74) is 7.76. The van der Waals surface area contributed by atoms with E-state index in [-0.39, 0.29) is 0 Å². The third-order valence-electron chi connectivity index (χ3n) is 3.03. The molecule has 0 saturated carbocycles. The molecule has 0 saturated heterocycles. The van der Waals surface area contributed by atoms with Gasteiger partial charge < -0.3 is 15.2 Å². The molecule has 0 fully saturated rings. The van der Waals surface area contributed by atoms with E-state index >= 15 is 0 Å². The van der Waals surface area contributed by atoms with E-state index < -0.39 is 0 Å². The van der Waals surface area contributed by atoms with Crippen molar-refractivity contribution in [3.63, 3.8) is 0 Å². The molecule has 0 radical (unpaired) electrons. The quantitative estimate of drug-likeness (QED) is 0.827. The molecule has 0 aliphatic rings. The third-order valence-corrected chi connectivity index (χ3v) is 3.81. The molecule has 0 amide bonds. The fraction of sp³-hybridized carbons (Fsp3) is 0.250. The van der Waals surface area contributed by atoms with Gasteiger partial charge in [0, 0.05) is 17.0 Å². The second kappa shape index (κ2) is 7.22. The molecule has 0 atom stereocenters. The molecule has 4 heteroatoms. The fourth-order valence-corrected chi connectivity index (χ4v) is 2.51. The minimum Gasteiger partial charge on any atom is -0.496 e. The van der Waals surface area contributed by atoms with Gasteiger partial charge in [-0.2, -0.15) is 0 Å². The van der Waals surface area contributed by atoms with Crippen molar-refractivity contribution in [2.75, 3.05) is 13.4 Å². The molecule has 106 valence electrons. The van der Waals surface area contributed by atoms with E-state index in [1.54, 1.807) is 18.9 Å². The first kappa shape index (κ1) is 14.8. The predicted octanol–water partition coefficient (Wildman–Crippen LogP) is 3.45. The third kappa shape index (κ3) is 3.46. The van der Waals surface area contributed by atoms with Gasteiger partial charge in [-0.25, -0.2) is 0 Å². The highest BCUT2D eigenvalue weighted by atomic mass is 32.2. The van der Waals surface area contributed by atoms with Crippen LogP contribution in [-0.4, -0.2) is 13.4 Å². The van der Waals surface area contributed by atoms with Crippen molar-refractivity contribution >= 4 is 11.8 Å². The molecule has 0 aliphatic carbocycles. The Bertz CT molecular complexity index is 572. The summed E-state index contributed by atoms with van der Waals surface area (Å²) in [4.78, 5) is 1.13. The molecule has 20 heavy (non-hydrogen) atoms. The van der Waals surface area contributed by atoms with Gasteiger partial charge >= 0.3 is 0 Å². The zero-order chi connectivity index (χ0) is 14.4. The standard InChI is InChI=1S/C16H19NO2S/c1-18-14-8-7-12(10-17)9-13(14)11-19-15-5-3-4-6-16(15)20-2/h3-9H,10-11,17H2,1-2H3. The topological polar surface area (TPSA) is 44.5 Å². The van der Waals surface area contributed by atoms with E-state index in [9.17, 15) is 0 Å². The second-order valence-electron chi connectivity index (χ2n) is 4.29. The van der Waals surface area contributed by atoms with Crippen LogP contribution in [0.1, 0.15) is 11.1 Å². The maximum Gasteiger partial charge on any atom is 0.133 e. The molecule has 2 aromatic rings. The molecule has 0 aromatic heterocycles. The largest absolute Gasteiger partial charge is 0.496 e. The zero-order valence-corrected chi connectivity index (χ0v) is 12.6. The number of nitrogens with two attached hydrogens (primary N) is 1. The van der Waals surface area contributed by atoms with Crippen molar-refractivity contribution in [2.24, 2.45) is 5.73 Å². The molecule has 0 bridgehead atoms. The number of ether oxygens (including phenoxy) is 2. The summed E-state index contributed by atoms with van der Waals surface area (Å²) >= 11 is 1.67. The summed E-state index contributed by atoms with van der Waals surface area (Å²) in [6, 6.07) is 13.9. The molecular formula is C16H19NO2S. The lowest BCUT2D eigenvalue weighted by molar-refractivity contribution is 0.290. The summed E-state index contributed by atoms with van der Waals surface area (Å²) < 4.78 is 11.3. The Balaban J connectivity index is 2.17. The van der Waals surface area contributed by atoms with Crippen LogP contribution >= 0.6 is 11.8 Å². The first-order valence-electron chi connectivity index (χ1n) is 6.40. The Morgan fingerprint density at radius 1 is 1.10 bits per heavy atom. The molecule has 2 aromatic carbocycles. The van der Waals surface area contributed by atoms with E-state index in [2.05, 4.69) is 0 Å². The number of thioether (sulfide) groups is 1. The summed E-state index contributed by atoms with van der Waals surface area (Å²) in [5, 5.41) is 0. The average molecular weight is 289 g/mol. The Morgan fingerprint density at radius 2 is 1.90 bits per heavy atom. The van der Waals surface area contributed by atoms with Gasteiger partial charge in [0.1, 0.15) is 18.1 Å². The van der Waals surface area contributed by atoms with Crippen LogP contribution in [0.4, 0.5) is 0 Å². The van der Waals surface area contributed by atoms with Gasteiger partial charge in [0.25, 0.3) is 0 Å². The first-order chi connectivity index (χ1) is 9.78. The van der Waals surface area contributed by atoms with Gasteiger partial charge in [-0.15, -0.1) is 11.8 Å². The fourth-order valence-electron chi connectivity index (χ4n) is 1.97. The number of hydrogen-bond acceptors (Lipinski definition) is 4. The smallest absolute Gasteiger partial charge is 0.133 e. The molecule has 0 heterocycles. The first-order valence-corrected chi connectivity index (χ1v) is 7.62. The maximum atomic E-state index is 5.91. The lowest BCUT2D eigenvalue weighted by atomic mass is 10.1.